The number of halogens is 1. The van der Waals surface area contributed by atoms with E-state index in [4.69, 9.17) is 15.2 Å². The lowest BCUT2D eigenvalue weighted by Crippen LogP contribution is -2.75. The number of nitrogens with zero attached hydrogens (tertiary/aromatic N) is 3. The molecule has 3 saturated heterocycles. The molecule has 0 spiro atoms. The van der Waals surface area contributed by atoms with Crippen molar-refractivity contribution in [1.29, 1.82) is 0 Å². The monoisotopic (exact) mass is 549 g/mol. The van der Waals surface area contributed by atoms with Crippen LogP contribution in [-0.4, -0.2) is 118 Å². The van der Waals surface area contributed by atoms with E-state index in [0.717, 1.165) is 6.42 Å². The number of carbonyl (C=O) groups excluding carboxylic acids is 1. The Kier molecular flexibility index (Phi) is 6.23. The zero-order valence-electron chi connectivity index (χ0n) is 21.6. The molecule has 6 fully saturated rings. The summed E-state index contributed by atoms with van der Waals surface area (Å²) in [5.74, 6) is -2.64. The first-order valence-corrected chi connectivity index (χ1v) is 14.3. The number of hydrogen-bond acceptors (Lipinski definition) is 10. The van der Waals surface area contributed by atoms with Crippen LogP contribution in [0, 0.1) is 16.0 Å². The Morgan fingerprint density at radius 2 is 1.90 bits per heavy atom. The number of carboxylic acids is 1. The number of carbonyl (C=O) groups is 2. The third-order valence-electron chi connectivity index (χ3n) is 10.5. The van der Waals surface area contributed by atoms with Crippen LogP contribution in [0.4, 0.5) is 4.39 Å². The first-order chi connectivity index (χ1) is 18.7. The normalized spacial score (nSPS) is 49.3. The minimum absolute atomic E-state index is 0.0234. The van der Waals surface area contributed by atoms with Gasteiger partial charge in [-0.05, 0) is 32.1 Å². The predicted octanol–water partition coefficient (Wildman–Crippen LogP) is -0.179. The number of Topliss-reactive ketones (excluding diaryl/α,β-unsaturated/α-hetero) is 1. The van der Waals surface area contributed by atoms with Gasteiger partial charge in [-0.2, -0.15) is 0 Å². The maximum absolute atomic E-state index is 15.9. The predicted molar refractivity (Wildman–Crippen MR) is 133 cm³/mol. The molecule has 0 aromatic heterocycles. The molecule has 13 heteroatoms. The molecule has 39 heavy (non-hydrogen) atoms. The first kappa shape index (κ1) is 25.8. The molecule has 4 heterocycles. The van der Waals surface area contributed by atoms with Gasteiger partial charge in [0.05, 0.1) is 42.5 Å². The third kappa shape index (κ3) is 4.11. The average Bonchev–Trinajstić information content (AvgIpc) is 3.32. The Balaban J connectivity index is 1.20. The van der Waals surface area contributed by atoms with Crippen molar-refractivity contribution < 1.29 is 33.5 Å². The van der Waals surface area contributed by atoms with Gasteiger partial charge in [0.1, 0.15) is 11.7 Å². The second kappa shape index (κ2) is 9.44. The second-order valence-electron chi connectivity index (χ2n) is 12.6. The number of ketones is 1. The summed E-state index contributed by atoms with van der Waals surface area (Å²) in [6.45, 7) is 1.23. The molecule has 7 rings (SSSR count). The van der Waals surface area contributed by atoms with Crippen LogP contribution >= 0.6 is 0 Å². The van der Waals surface area contributed by atoms with E-state index < -0.39 is 48.1 Å². The number of rotatable bonds is 3. The van der Waals surface area contributed by atoms with Crippen LogP contribution in [0.1, 0.15) is 44.9 Å². The van der Waals surface area contributed by atoms with E-state index in [1.165, 1.54) is 6.20 Å². The lowest BCUT2D eigenvalue weighted by molar-refractivity contribution is -0.529. The summed E-state index contributed by atoms with van der Waals surface area (Å²) in [6, 6.07) is -1.90. The second-order valence-corrected chi connectivity index (χ2v) is 12.6. The standard InChI is InChI=1S/C26H36FN5O7/c27-15-6-13-22-25(23(15)30-4-3-11(28)9-30)39-21-7-17-20(8-18(21)31(22)10-14(24(13)33)26(34)35)38-19-5-12(32(36)37)1-2-16(19)29-17/h10-13,15-23,25,29H,1-9,28H2,(H,34,35)/t11-,12?,13?,15?,16?,17?,18?,19?,20?,21?,22?,23?,25?/m0/s1. The maximum Gasteiger partial charge on any atom is 0.340 e. The van der Waals surface area contributed by atoms with Gasteiger partial charge in [0.2, 0.25) is 6.04 Å². The minimum atomic E-state index is -1.33. The third-order valence-corrected chi connectivity index (χ3v) is 10.5. The number of morpholine rings is 2. The number of aliphatic carboxylic acids is 1. The summed E-state index contributed by atoms with van der Waals surface area (Å²) < 4.78 is 29.1. The molecule has 4 aliphatic heterocycles. The molecule has 214 valence electrons. The van der Waals surface area contributed by atoms with Gasteiger partial charge in [0.15, 0.2) is 5.78 Å². The molecule has 0 aromatic rings. The molecule has 0 amide bonds. The fourth-order valence-corrected chi connectivity index (χ4v) is 8.70. The molecule has 12 unspecified atom stereocenters. The smallest absolute Gasteiger partial charge is 0.340 e. The van der Waals surface area contributed by atoms with Gasteiger partial charge < -0.3 is 30.5 Å². The van der Waals surface area contributed by atoms with Gasteiger partial charge >= 0.3 is 5.97 Å². The number of fused-ring (bicyclic) bond motifs is 4. The van der Waals surface area contributed by atoms with Gasteiger partial charge in [-0.3, -0.25) is 19.8 Å². The Morgan fingerprint density at radius 3 is 2.62 bits per heavy atom. The topological polar surface area (TPSA) is 160 Å². The largest absolute Gasteiger partial charge is 0.478 e. The highest BCUT2D eigenvalue weighted by molar-refractivity contribution is 6.18. The summed E-state index contributed by atoms with van der Waals surface area (Å²) in [7, 11) is 0. The number of nitrogens with two attached hydrogens (primary N) is 1. The SMILES string of the molecule is N[C@H]1CCN(C2C(F)CC3C(=O)C(C(=O)O)=CN4C5CC6OC7CC([N+](=O)[O-])CCC7NC6CC5OC2C34)C1. The van der Waals surface area contributed by atoms with Gasteiger partial charge in [-0.15, -0.1) is 0 Å². The van der Waals surface area contributed by atoms with Crippen molar-refractivity contribution >= 4 is 11.8 Å². The van der Waals surface area contributed by atoms with Crippen molar-refractivity contribution in [2.45, 2.75) is 118 Å². The molecule has 0 aromatic carbocycles. The minimum Gasteiger partial charge on any atom is -0.478 e. The van der Waals surface area contributed by atoms with E-state index in [1.54, 1.807) is 0 Å². The first-order valence-electron chi connectivity index (χ1n) is 14.3. The van der Waals surface area contributed by atoms with Gasteiger partial charge in [0, 0.05) is 61.1 Å². The van der Waals surface area contributed by atoms with E-state index in [1.807, 2.05) is 4.90 Å². The summed E-state index contributed by atoms with van der Waals surface area (Å²) in [4.78, 5) is 40.6. The van der Waals surface area contributed by atoms with E-state index in [-0.39, 0.29) is 59.4 Å². The Morgan fingerprint density at radius 1 is 1.10 bits per heavy atom. The molecule has 3 aliphatic carbocycles. The van der Waals surface area contributed by atoms with Crippen molar-refractivity contribution in [3.63, 3.8) is 0 Å². The Bertz CT molecular complexity index is 1090. The van der Waals surface area contributed by atoms with E-state index in [9.17, 15) is 24.8 Å². The number of alkyl halides is 1. The molecule has 3 saturated carbocycles. The van der Waals surface area contributed by atoms with E-state index in [0.29, 0.717) is 45.2 Å². The molecule has 4 N–H and O–H groups in total. The van der Waals surface area contributed by atoms with Crippen molar-refractivity contribution in [3.8, 4) is 0 Å². The van der Waals surface area contributed by atoms with E-state index >= 15 is 4.39 Å². The van der Waals surface area contributed by atoms with Gasteiger partial charge in [0.25, 0.3) is 0 Å². The average molecular weight is 550 g/mol. The van der Waals surface area contributed by atoms with Crippen LogP contribution in [0.2, 0.25) is 0 Å². The van der Waals surface area contributed by atoms with Crippen molar-refractivity contribution in [1.82, 2.24) is 15.1 Å². The summed E-state index contributed by atoms with van der Waals surface area (Å²) >= 11 is 0. The lowest BCUT2D eigenvalue weighted by atomic mass is 9.69. The van der Waals surface area contributed by atoms with Crippen LogP contribution in [0.15, 0.2) is 11.8 Å². The number of carboxylic acid groups (broad SMARTS) is 1. The molecular weight excluding hydrogens is 513 g/mol. The summed E-state index contributed by atoms with van der Waals surface area (Å²) in [5, 5.41) is 24.9. The highest BCUT2D eigenvalue weighted by atomic mass is 19.1. The number of nitrogens with one attached hydrogen (secondary N) is 1. The van der Waals surface area contributed by atoms with Crippen LogP contribution < -0.4 is 11.1 Å². The van der Waals surface area contributed by atoms with Crippen LogP contribution in [0.25, 0.3) is 0 Å². The van der Waals surface area contributed by atoms with Crippen LogP contribution in [0.5, 0.6) is 0 Å². The Labute approximate surface area is 225 Å². The highest BCUT2D eigenvalue weighted by Gasteiger charge is 2.61. The van der Waals surface area contributed by atoms with Crippen molar-refractivity contribution in [2.75, 3.05) is 13.1 Å². The molecule has 0 bridgehead atoms. The van der Waals surface area contributed by atoms with E-state index in [2.05, 4.69) is 10.2 Å². The van der Waals surface area contributed by atoms with Crippen LogP contribution in [0.3, 0.4) is 0 Å². The van der Waals surface area contributed by atoms with Crippen LogP contribution in [-0.2, 0) is 19.1 Å². The van der Waals surface area contributed by atoms with Gasteiger partial charge in [-0.1, -0.05) is 0 Å². The quantitative estimate of drug-likeness (QED) is 0.243. The molecule has 0 radical (unpaired) electrons. The fourth-order valence-electron chi connectivity index (χ4n) is 8.70. The van der Waals surface area contributed by atoms with Crippen molar-refractivity contribution in [2.24, 2.45) is 11.7 Å². The molecule has 12 nitrogen and oxygen atoms in total. The van der Waals surface area contributed by atoms with Crippen molar-refractivity contribution in [3.05, 3.63) is 21.9 Å². The molecule has 13 atom stereocenters. The number of ether oxygens (including phenoxy) is 2. The lowest BCUT2D eigenvalue weighted by Gasteiger charge is -2.62. The zero-order valence-corrected chi connectivity index (χ0v) is 21.6. The summed E-state index contributed by atoms with van der Waals surface area (Å²) in [6.07, 6.45) is 2.15. The maximum atomic E-state index is 15.9. The molecular formula is C26H36FN5O7. The highest BCUT2D eigenvalue weighted by Crippen LogP contribution is 2.48. The zero-order chi connectivity index (χ0) is 27.2. The fraction of sp³-hybridized carbons (Fsp3) is 0.846. The van der Waals surface area contributed by atoms with Gasteiger partial charge in [-0.25, -0.2) is 9.18 Å². The number of hydrogen-bond donors (Lipinski definition) is 3. The number of likely N-dealkylation sites (tertiary alicyclic amines) is 1. The summed E-state index contributed by atoms with van der Waals surface area (Å²) in [5.41, 5.74) is 5.86. The molecule has 7 aliphatic rings. The number of nitro groups is 1. The Hall–Kier alpha value is -2.19.